The minimum absolute atomic E-state index is 0.0121. The summed E-state index contributed by atoms with van der Waals surface area (Å²) < 4.78 is 42.8. The molecule has 0 aliphatic carbocycles. The second kappa shape index (κ2) is 8.94. The van der Waals surface area contributed by atoms with Gasteiger partial charge >= 0.3 is 0 Å². The number of nitrogens with zero attached hydrogens (tertiary/aromatic N) is 1. The number of benzene rings is 2. The summed E-state index contributed by atoms with van der Waals surface area (Å²) in [5, 5.41) is 2.47. The van der Waals surface area contributed by atoms with Crippen LogP contribution in [0.3, 0.4) is 0 Å². The molecule has 0 saturated heterocycles. The number of hydrogen-bond donors (Lipinski definition) is 1. The van der Waals surface area contributed by atoms with Crippen molar-refractivity contribution in [1.82, 2.24) is 9.62 Å². The Labute approximate surface area is 165 Å². The van der Waals surface area contributed by atoms with E-state index >= 15 is 0 Å². The lowest BCUT2D eigenvalue weighted by molar-refractivity contribution is 0.0960. The molecule has 1 N–H and O–H groups in total. The van der Waals surface area contributed by atoms with Crippen LogP contribution in [0.15, 0.2) is 41.3 Å². The molecule has 1 amide bonds. The van der Waals surface area contributed by atoms with Crippen molar-refractivity contribution in [2.45, 2.75) is 11.4 Å². The number of amides is 1. The predicted octanol–water partition coefficient (Wildman–Crippen LogP) is 1.89. The summed E-state index contributed by atoms with van der Waals surface area (Å²) in [4.78, 5) is 12.0. The third-order valence-corrected chi connectivity index (χ3v) is 6.04. The molecule has 9 heteroatoms. The van der Waals surface area contributed by atoms with Gasteiger partial charge in [0.05, 0.1) is 31.8 Å². The first-order valence-corrected chi connectivity index (χ1v) is 9.79. The van der Waals surface area contributed by atoms with Gasteiger partial charge in [0.15, 0.2) is 0 Å². The summed E-state index contributed by atoms with van der Waals surface area (Å²) in [6.07, 6.45) is 0. The molecule has 2 aromatic rings. The molecule has 0 atom stereocenters. The number of hydrogen-bond acceptors (Lipinski definition) is 6. The molecule has 2 rings (SSSR count). The fourth-order valence-corrected chi connectivity index (χ4v) is 3.82. The van der Waals surface area contributed by atoms with Crippen molar-refractivity contribution in [3.63, 3.8) is 0 Å². The van der Waals surface area contributed by atoms with Crippen molar-refractivity contribution in [1.29, 1.82) is 0 Å². The zero-order valence-electron chi connectivity index (χ0n) is 16.5. The van der Waals surface area contributed by atoms with Gasteiger partial charge < -0.3 is 19.5 Å². The number of sulfonamides is 1. The first kappa shape index (κ1) is 21.5. The minimum atomic E-state index is -3.86. The molecular formula is C19H24N2O6S. The Balaban J connectivity index is 2.38. The van der Waals surface area contributed by atoms with Crippen LogP contribution < -0.4 is 19.5 Å². The van der Waals surface area contributed by atoms with Gasteiger partial charge in [-0.25, -0.2) is 8.42 Å². The third-order valence-electron chi connectivity index (χ3n) is 4.24. The molecule has 152 valence electrons. The Morgan fingerprint density at radius 3 is 2.25 bits per heavy atom. The average Bonchev–Trinajstić information content (AvgIpc) is 2.72. The van der Waals surface area contributed by atoms with Crippen molar-refractivity contribution in [3.05, 3.63) is 47.5 Å². The van der Waals surface area contributed by atoms with Crippen LogP contribution in [0.4, 0.5) is 0 Å². The van der Waals surface area contributed by atoms with E-state index in [9.17, 15) is 13.2 Å². The second-order valence-corrected chi connectivity index (χ2v) is 7.92. The van der Waals surface area contributed by atoms with Gasteiger partial charge in [-0.3, -0.25) is 4.79 Å². The highest BCUT2D eigenvalue weighted by Crippen LogP contribution is 2.28. The van der Waals surface area contributed by atoms with Gasteiger partial charge in [-0.2, -0.15) is 4.31 Å². The molecule has 2 aromatic carbocycles. The van der Waals surface area contributed by atoms with Gasteiger partial charge in [0, 0.05) is 32.3 Å². The van der Waals surface area contributed by atoms with E-state index in [0.717, 1.165) is 0 Å². The zero-order chi connectivity index (χ0) is 20.9. The van der Waals surface area contributed by atoms with Crippen LogP contribution in [0.2, 0.25) is 0 Å². The van der Waals surface area contributed by atoms with Crippen LogP contribution in [0.1, 0.15) is 15.9 Å². The Hall–Kier alpha value is -2.78. The highest BCUT2D eigenvalue weighted by Gasteiger charge is 2.24. The average molecular weight is 408 g/mol. The molecule has 28 heavy (non-hydrogen) atoms. The number of carbonyl (C=O) groups is 1. The molecule has 0 fully saturated rings. The van der Waals surface area contributed by atoms with Gasteiger partial charge in [-0.05, 0) is 24.3 Å². The van der Waals surface area contributed by atoms with Crippen molar-refractivity contribution in [2.75, 3.05) is 35.4 Å². The molecule has 0 unspecified atom stereocenters. The van der Waals surface area contributed by atoms with Gasteiger partial charge in [0.25, 0.3) is 5.91 Å². The second-order valence-electron chi connectivity index (χ2n) is 5.88. The number of rotatable bonds is 8. The first-order valence-electron chi connectivity index (χ1n) is 8.35. The van der Waals surface area contributed by atoms with Crippen molar-refractivity contribution >= 4 is 15.9 Å². The summed E-state index contributed by atoms with van der Waals surface area (Å²) in [7, 11) is 3.53. The lowest BCUT2D eigenvalue weighted by Gasteiger charge is -2.20. The van der Waals surface area contributed by atoms with Gasteiger partial charge in [-0.1, -0.05) is 6.07 Å². The van der Waals surface area contributed by atoms with Crippen LogP contribution in [0, 0.1) is 0 Å². The van der Waals surface area contributed by atoms with Gasteiger partial charge in [-0.15, -0.1) is 0 Å². The quantitative estimate of drug-likeness (QED) is 0.717. The standard InChI is InChI=1S/C19H24N2O6S/c1-20-19(22)16-11-15(8-9-17(16)26-4)28(23,24)21(2)12-13-6-7-14(25-3)10-18(13)27-5/h6-11H,12H2,1-5H3,(H,20,22). The van der Waals surface area contributed by atoms with Crippen LogP contribution in [0.5, 0.6) is 17.2 Å². The van der Waals surface area contributed by atoms with Gasteiger partial charge in [0.2, 0.25) is 10.0 Å². The largest absolute Gasteiger partial charge is 0.497 e. The number of methoxy groups -OCH3 is 3. The smallest absolute Gasteiger partial charge is 0.254 e. The molecule has 0 saturated carbocycles. The first-order chi connectivity index (χ1) is 13.3. The van der Waals surface area contributed by atoms with Crippen molar-refractivity contribution in [3.8, 4) is 17.2 Å². The van der Waals surface area contributed by atoms with E-state index in [-0.39, 0.29) is 22.8 Å². The molecule has 0 aliphatic rings. The lowest BCUT2D eigenvalue weighted by Crippen LogP contribution is -2.27. The van der Waals surface area contributed by atoms with E-state index in [2.05, 4.69) is 5.32 Å². The van der Waals surface area contributed by atoms with E-state index in [1.807, 2.05) is 0 Å². The molecule has 0 bridgehead atoms. The fourth-order valence-electron chi connectivity index (χ4n) is 2.65. The summed E-state index contributed by atoms with van der Waals surface area (Å²) in [6.45, 7) is 0.0802. The van der Waals surface area contributed by atoms with Crippen molar-refractivity contribution < 1.29 is 27.4 Å². The maximum absolute atomic E-state index is 13.0. The molecule has 0 radical (unpaired) electrons. The monoisotopic (exact) mass is 408 g/mol. The minimum Gasteiger partial charge on any atom is -0.497 e. The Morgan fingerprint density at radius 1 is 1.00 bits per heavy atom. The van der Waals surface area contributed by atoms with Gasteiger partial charge in [0.1, 0.15) is 17.2 Å². The Bertz CT molecular complexity index is 959. The number of nitrogens with one attached hydrogen (secondary N) is 1. The summed E-state index contributed by atoms with van der Waals surface area (Å²) in [5.41, 5.74) is 0.816. The third kappa shape index (κ3) is 4.37. The molecule has 0 aromatic heterocycles. The molecular weight excluding hydrogens is 384 g/mol. The maximum atomic E-state index is 13.0. The Morgan fingerprint density at radius 2 is 1.68 bits per heavy atom. The molecule has 0 heterocycles. The normalized spacial score (nSPS) is 11.2. The highest BCUT2D eigenvalue weighted by atomic mass is 32.2. The summed E-state index contributed by atoms with van der Waals surface area (Å²) in [6, 6.07) is 9.33. The van der Waals surface area contributed by atoms with Crippen LogP contribution in [-0.4, -0.2) is 54.1 Å². The van der Waals surface area contributed by atoms with Crippen LogP contribution >= 0.6 is 0 Å². The van der Waals surface area contributed by atoms with E-state index in [4.69, 9.17) is 14.2 Å². The zero-order valence-corrected chi connectivity index (χ0v) is 17.3. The summed E-state index contributed by atoms with van der Waals surface area (Å²) >= 11 is 0. The maximum Gasteiger partial charge on any atom is 0.254 e. The molecule has 8 nitrogen and oxygen atoms in total. The number of carbonyl (C=O) groups excluding carboxylic acids is 1. The van der Waals surface area contributed by atoms with E-state index < -0.39 is 15.9 Å². The number of ether oxygens (including phenoxy) is 3. The topological polar surface area (TPSA) is 94.2 Å². The highest BCUT2D eigenvalue weighted by molar-refractivity contribution is 7.89. The van der Waals surface area contributed by atoms with E-state index in [1.54, 1.807) is 25.3 Å². The molecule has 0 spiro atoms. The predicted molar refractivity (Wildman–Crippen MR) is 105 cm³/mol. The lowest BCUT2D eigenvalue weighted by atomic mass is 10.2. The summed E-state index contributed by atoms with van der Waals surface area (Å²) in [5.74, 6) is 0.977. The van der Waals surface area contributed by atoms with E-state index in [0.29, 0.717) is 17.1 Å². The SMILES string of the molecule is CNC(=O)c1cc(S(=O)(=O)N(C)Cc2ccc(OC)cc2OC)ccc1OC. The van der Waals surface area contributed by atoms with E-state index in [1.165, 1.54) is 50.8 Å². The molecule has 0 aliphatic heterocycles. The fraction of sp³-hybridized carbons (Fsp3) is 0.316. The Kier molecular flexibility index (Phi) is 6.87. The van der Waals surface area contributed by atoms with Crippen LogP contribution in [-0.2, 0) is 16.6 Å². The van der Waals surface area contributed by atoms with Crippen LogP contribution in [0.25, 0.3) is 0 Å². The van der Waals surface area contributed by atoms with Crippen molar-refractivity contribution in [2.24, 2.45) is 0 Å².